The maximum Gasteiger partial charge on any atom is 0.315 e. The number of nitrogens with one attached hydrogen (secondary N) is 2. The quantitative estimate of drug-likeness (QED) is 0.804. The smallest absolute Gasteiger partial charge is 0.315 e. The zero-order valence-electron chi connectivity index (χ0n) is 15.0. The lowest BCUT2D eigenvalue weighted by molar-refractivity contribution is 0.175. The number of amides is 2. The average molecular weight is 372 g/mol. The van der Waals surface area contributed by atoms with Gasteiger partial charge in [-0.1, -0.05) is 54.1 Å². The average Bonchev–Trinajstić information content (AvgIpc) is 2.67. The topological polar surface area (TPSA) is 44.4 Å². The highest BCUT2D eigenvalue weighted by Gasteiger charge is 2.19. The Morgan fingerprint density at radius 2 is 1.73 bits per heavy atom. The van der Waals surface area contributed by atoms with Crippen molar-refractivity contribution in [2.75, 3.05) is 19.6 Å². The lowest BCUT2D eigenvalue weighted by Gasteiger charge is -2.32. The van der Waals surface area contributed by atoms with E-state index in [9.17, 15) is 4.79 Å². The van der Waals surface area contributed by atoms with Crippen LogP contribution in [0.25, 0.3) is 0 Å². The zero-order chi connectivity index (χ0) is 18.2. The van der Waals surface area contributed by atoms with Gasteiger partial charge in [0, 0.05) is 24.7 Å². The lowest BCUT2D eigenvalue weighted by atomic mass is 9.96. The molecule has 0 radical (unpaired) electrons. The number of carbonyl (C=O) groups excluding carboxylic acids is 1. The predicted molar refractivity (Wildman–Crippen MR) is 106 cm³/mol. The molecule has 5 heteroatoms. The molecule has 138 valence electrons. The third kappa shape index (κ3) is 6.04. The highest BCUT2D eigenvalue weighted by Crippen LogP contribution is 2.19. The molecule has 1 heterocycles. The van der Waals surface area contributed by atoms with Gasteiger partial charge in [0.05, 0.1) is 0 Å². The number of nitrogens with zero attached hydrogens (tertiary/aromatic N) is 1. The van der Waals surface area contributed by atoms with Gasteiger partial charge in [0.25, 0.3) is 0 Å². The minimum Gasteiger partial charge on any atom is -0.338 e. The van der Waals surface area contributed by atoms with Gasteiger partial charge in [-0.05, 0) is 55.1 Å². The molecule has 0 atom stereocenters. The van der Waals surface area contributed by atoms with Crippen LogP contribution in [-0.4, -0.2) is 30.6 Å². The first kappa shape index (κ1) is 18.7. The van der Waals surface area contributed by atoms with Crippen LogP contribution in [-0.2, 0) is 13.1 Å². The van der Waals surface area contributed by atoms with Gasteiger partial charge in [0.15, 0.2) is 0 Å². The number of piperidine rings is 1. The number of halogens is 1. The molecule has 1 aliphatic rings. The molecule has 0 spiro atoms. The van der Waals surface area contributed by atoms with Crippen LogP contribution in [0.4, 0.5) is 4.79 Å². The molecule has 0 unspecified atom stereocenters. The molecule has 0 bridgehead atoms. The molecule has 1 saturated heterocycles. The molecule has 0 aromatic heterocycles. The Morgan fingerprint density at radius 3 is 2.46 bits per heavy atom. The molecule has 0 aliphatic carbocycles. The van der Waals surface area contributed by atoms with Crippen molar-refractivity contribution < 1.29 is 4.79 Å². The summed E-state index contributed by atoms with van der Waals surface area (Å²) in [6.07, 6.45) is 2.22. The summed E-state index contributed by atoms with van der Waals surface area (Å²) in [7, 11) is 0. The Labute approximate surface area is 160 Å². The van der Waals surface area contributed by atoms with Gasteiger partial charge in [-0.15, -0.1) is 0 Å². The van der Waals surface area contributed by atoms with Gasteiger partial charge in [0.2, 0.25) is 0 Å². The first-order valence-corrected chi connectivity index (χ1v) is 9.59. The number of hydrogen-bond donors (Lipinski definition) is 2. The first-order valence-electron chi connectivity index (χ1n) is 9.21. The number of likely N-dealkylation sites (tertiary alicyclic amines) is 1. The minimum atomic E-state index is -0.0878. The van der Waals surface area contributed by atoms with Crippen molar-refractivity contribution >= 4 is 17.6 Å². The van der Waals surface area contributed by atoms with E-state index in [1.807, 2.05) is 48.5 Å². The van der Waals surface area contributed by atoms with E-state index in [-0.39, 0.29) is 6.03 Å². The predicted octanol–water partition coefficient (Wildman–Crippen LogP) is 4.05. The van der Waals surface area contributed by atoms with Gasteiger partial charge >= 0.3 is 6.03 Å². The fourth-order valence-corrected chi connectivity index (χ4v) is 3.53. The van der Waals surface area contributed by atoms with Crippen LogP contribution in [0.2, 0.25) is 5.02 Å². The van der Waals surface area contributed by atoms with Gasteiger partial charge in [0.1, 0.15) is 0 Å². The van der Waals surface area contributed by atoms with Crippen molar-refractivity contribution in [1.29, 1.82) is 0 Å². The van der Waals surface area contributed by atoms with Crippen LogP contribution in [0.3, 0.4) is 0 Å². The summed E-state index contributed by atoms with van der Waals surface area (Å²) < 4.78 is 0. The number of carbonyl (C=O) groups is 1. The van der Waals surface area contributed by atoms with E-state index in [0.717, 1.165) is 49.6 Å². The van der Waals surface area contributed by atoms with Crippen LogP contribution >= 0.6 is 11.6 Å². The minimum absolute atomic E-state index is 0.0878. The van der Waals surface area contributed by atoms with Crippen molar-refractivity contribution in [3.8, 4) is 0 Å². The molecule has 0 saturated carbocycles. The second kappa shape index (κ2) is 9.60. The molecule has 3 rings (SSSR count). The fourth-order valence-electron chi connectivity index (χ4n) is 3.32. The van der Waals surface area contributed by atoms with Gasteiger partial charge in [-0.25, -0.2) is 4.79 Å². The summed E-state index contributed by atoms with van der Waals surface area (Å²) in [6.45, 7) is 4.36. The van der Waals surface area contributed by atoms with Crippen LogP contribution in [0.15, 0.2) is 54.6 Å². The monoisotopic (exact) mass is 371 g/mol. The van der Waals surface area contributed by atoms with E-state index in [2.05, 4.69) is 21.6 Å². The second-order valence-electron chi connectivity index (χ2n) is 6.90. The van der Waals surface area contributed by atoms with Crippen molar-refractivity contribution in [2.45, 2.75) is 25.9 Å². The number of rotatable bonds is 6. The third-order valence-electron chi connectivity index (χ3n) is 4.85. The number of urea groups is 1. The Hall–Kier alpha value is -2.04. The standard InChI is InChI=1S/C21H26ClN3O/c22-20-8-4-7-19(13-20)16-25-11-9-18(10-12-25)15-24-21(26)23-14-17-5-2-1-3-6-17/h1-8,13,18H,9-12,14-16H2,(H2,23,24,26). The van der Waals surface area contributed by atoms with Gasteiger partial charge in [-0.2, -0.15) is 0 Å². The maximum absolute atomic E-state index is 12.0. The highest BCUT2D eigenvalue weighted by molar-refractivity contribution is 6.30. The van der Waals surface area contributed by atoms with E-state index in [1.54, 1.807) is 0 Å². The fraction of sp³-hybridized carbons (Fsp3) is 0.381. The van der Waals surface area contributed by atoms with Crippen LogP contribution in [0.1, 0.15) is 24.0 Å². The normalized spacial score (nSPS) is 15.6. The summed E-state index contributed by atoms with van der Waals surface area (Å²) in [5.74, 6) is 0.549. The van der Waals surface area contributed by atoms with Crippen molar-refractivity contribution in [3.05, 3.63) is 70.7 Å². The molecule has 1 fully saturated rings. The van der Waals surface area contributed by atoms with E-state index < -0.39 is 0 Å². The summed E-state index contributed by atoms with van der Waals surface area (Å²) in [5, 5.41) is 6.72. The molecule has 2 N–H and O–H groups in total. The van der Waals surface area contributed by atoms with E-state index in [1.165, 1.54) is 5.56 Å². The summed E-state index contributed by atoms with van der Waals surface area (Å²) in [4.78, 5) is 14.4. The Bertz CT molecular complexity index is 699. The van der Waals surface area contributed by atoms with Crippen LogP contribution < -0.4 is 10.6 Å². The third-order valence-corrected chi connectivity index (χ3v) is 5.08. The zero-order valence-corrected chi connectivity index (χ0v) is 15.7. The summed E-state index contributed by atoms with van der Waals surface area (Å²) in [5.41, 5.74) is 2.37. The molecule has 4 nitrogen and oxygen atoms in total. The molecule has 2 aromatic carbocycles. The molecule has 2 amide bonds. The van der Waals surface area contributed by atoms with Crippen LogP contribution in [0.5, 0.6) is 0 Å². The Balaban J connectivity index is 1.33. The van der Waals surface area contributed by atoms with Crippen LogP contribution in [0, 0.1) is 5.92 Å². The SMILES string of the molecule is O=C(NCc1ccccc1)NCC1CCN(Cc2cccc(Cl)c2)CC1. The van der Waals surface area contributed by atoms with E-state index in [4.69, 9.17) is 11.6 Å². The first-order chi connectivity index (χ1) is 12.7. The second-order valence-corrected chi connectivity index (χ2v) is 7.34. The molecule has 26 heavy (non-hydrogen) atoms. The summed E-state index contributed by atoms with van der Waals surface area (Å²) in [6, 6.07) is 17.9. The maximum atomic E-state index is 12.0. The number of benzene rings is 2. The Kier molecular flexibility index (Phi) is 6.92. The van der Waals surface area contributed by atoms with Crippen molar-refractivity contribution in [1.82, 2.24) is 15.5 Å². The van der Waals surface area contributed by atoms with E-state index in [0.29, 0.717) is 12.5 Å². The molecule has 2 aromatic rings. The van der Waals surface area contributed by atoms with Gasteiger partial charge < -0.3 is 10.6 Å². The lowest BCUT2D eigenvalue weighted by Crippen LogP contribution is -2.41. The highest BCUT2D eigenvalue weighted by atomic mass is 35.5. The molecule has 1 aliphatic heterocycles. The summed E-state index contributed by atoms with van der Waals surface area (Å²) >= 11 is 6.06. The van der Waals surface area contributed by atoms with Crippen molar-refractivity contribution in [3.63, 3.8) is 0 Å². The Morgan fingerprint density at radius 1 is 1.00 bits per heavy atom. The van der Waals surface area contributed by atoms with Gasteiger partial charge in [-0.3, -0.25) is 4.90 Å². The van der Waals surface area contributed by atoms with Crippen molar-refractivity contribution in [2.24, 2.45) is 5.92 Å². The largest absolute Gasteiger partial charge is 0.338 e. The van der Waals surface area contributed by atoms with E-state index >= 15 is 0 Å². The molecular formula is C21H26ClN3O. The molecular weight excluding hydrogens is 346 g/mol. The number of hydrogen-bond acceptors (Lipinski definition) is 2.